The fourth-order valence-electron chi connectivity index (χ4n) is 3.07. The summed E-state index contributed by atoms with van der Waals surface area (Å²) in [6.07, 6.45) is 0.872. The van der Waals surface area contributed by atoms with Crippen LogP contribution in [-0.4, -0.2) is 6.72 Å². The minimum absolute atomic E-state index is 0.573. The lowest BCUT2D eigenvalue weighted by molar-refractivity contribution is 0.931. The van der Waals surface area contributed by atoms with E-state index in [9.17, 15) is 0 Å². The van der Waals surface area contributed by atoms with Gasteiger partial charge in [-0.1, -0.05) is 94.2 Å². The molecule has 0 aliphatic heterocycles. The topological polar surface area (TPSA) is 39.7 Å². The van der Waals surface area contributed by atoms with Gasteiger partial charge in [0.2, 0.25) is 0 Å². The Morgan fingerprint density at radius 1 is 0.812 bits per heavy atom. The molecule has 0 atom stereocenters. The van der Waals surface area contributed by atoms with E-state index in [-0.39, 0.29) is 0 Å². The van der Waals surface area contributed by atoms with Gasteiger partial charge in [0.15, 0.2) is 0 Å². The normalized spacial score (nSPS) is 9.56. The van der Waals surface area contributed by atoms with Crippen LogP contribution in [0.25, 0.3) is 0 Å². The molecule has 0 aromatic heterocycles. The number of anilines is 2. The molecule has 0 aliphatic carbocycles. The van der Waals surface area contributed by atoms with Crippen LogP contribution in [0.15, 0.2) is 127 Å². The lowest BCUT2D eigenvalue weighted by atomic mass is 10.0. The van der Waals surface area contributed by atoms with Gasteiger partial charge in [0.05, 0.1) is 17.1 Å². The summed E-state index contributed by atoms with van der Waals surface area (Å²) in [6, 6.07) is 28.3. The van der Waals surface area contributed by atoms with Gasteiger partial charge in [-0.15, -0.1) is 0 Å². The van der Waals surface area contributed by atoms with E-state index in [4.69, 9.17) is 0 Å². The Hall–Kier alpha value is -4.05. The molecule has 0 fully saturated rings. The molecule has 0 saturated carbocycles. The van der Waals surface area contributed by atoms with Crippen molar-refractivity contribution in [1.29, 1.82) is 0 Å². The van der Waals surface area contributed by atoms with Crippen LogP contribution < -0.4 is 15.6 Å². The summed E-state index contributed by atoms with van der Waals surface area (Å²) in [5.74, 6) is 0.593. The van der Waals surface area contributed by atoms with Crippen LogP contribution in [0.4, 0.5) is 11.4 Å². The average molecular weight is 425 g/mol. The molecule has 2 N–H and O–H groups in total. The van der Waals surface area contributed by atoms with Crippen molar-refractivity contribution in [3.8, 4) is 0 Å². The van der Waals surface area contributed by atoms with Gasteiger partial charge in [-0.2, -0.15) is 5.10 Å². The van der Waals surface area contributed by atoms with Crippen molar-refractivity contribution in [2.75, 3.05) is 10.3 Å². The van der Waals surface area contributed by atoms with Gasteiger partial charge in [0, 0.05) is 12.4 Å². The molecule has 0 heterocycles. The van der Waals surface area contributed by atoms with Gasteiger partial charge in [0.25, 0.3) is 0 Å². The molecule has 0 amide bonds. The summed E-state index contributed by atoms with van der Waals surface area (Å²) in [5, 5.41) is 12.1. The van der Waals surface area contributed by atoms with Gasteiger partial charge >= 0.3 is 0 Å². The maximum absolute atomic E-state index is 4.08. The lowest BCUT2D eigenvalue weighted by Crippen LogP contribution is -2.25. The summed E-state index contributed by atoms with van der Waals surface area (Å²) in [5.41, 5.74) is 5.44. The van der Waals surface area contributed by atoms with Crippen LogP contribution in [0.2, 0.25) is 0 Å². The monoisotopic (exact) mass is 424 g/mol. The van der Waals surface area contributed by atoms with Crippen molar-refractivity contribution in [2.24, 2.45) is 5.10 Å². The minimum Gasteiger partial charge on any atom is -0.342 e. The predicted molar refractivity (Wildman–Crippen MR) is 140 cm³/mol. The average Bonchev–Trinajstić information content (AvgIpc) is 2.82. The Bertz CT molecular complexity index is 1040. The molecule has 3 rings (SSSR count). The first-order valence-electron chi connectivity index (χ1n) is 10.6. The van der Waals surface area contributed by atoms with E-state index in [0.717, 1.165) is 17.8 Å². The van der Waals surface area contributed by atoms with Gasteiger partial charge in [-0.25, -0.2) is 5.01 Å². The summed E-state index contributed by atoms with van der Waals surface area (Å²) >= 11 is 0. The molecule has 0 aliphatic rings. The molecule has 0 bridgehead atoms. The first-order valence-corrected chi connectivity index (χ1v) is 10.6. The third-order valence-electron chi connectivity index (χ3n) is 4.52. The van der Waals surface area contributed by atoms with E-state index in [0.29, 0.717) is 17.2 Å². The van der Waals surface area contributed by atoms with Crippen LogP contribution in [0.5, 0.6) is 0 Å². The van der Waals surface area contributed by atoms with Crippen molar-refractivity contribution in [1.82, 2.24) is 5.32 Å². The molecular weight excluding hydrogens is 392 g/mol. The second-order valence-electron chi connectivity index (χ2n) is 6.81. The van der Waals surface area contributed by atoms with Gasteiger partial charge < -0.3 is 10.6 Å². The third kappa shape index (κ3) is 7.03. The van der Waals surface area contributed by atoms with Crippen LogP contribution in [0.1, 0.15) is 25.0 Å². The Morgan fingerprint density at radius 2 is 1.41 bits per heavy atom. The smallest absolute Gasteiger partial charge is 0.100 e. The zero-order valence-corrected chi connectivity index (χ0v) is 19.0. The first-order chi connectivity index (χ1) is 15.6. The third-order valence-corrected chi connectivity index (χ3v) is 4.52. The van der Waals surface area contributed by atoms with Crippen molar-refractivity contribution in [3.05, 3.63) is 133 Å². The number of hydrazone groups is 1. The molecule has 0 saturated heterocycles. The van der Waals surface area contributed by atoms with E-state index < -0.39 is 0 Å². The number of hydrogen-bond donors (Lipinski definition) is 2. The first kappa shape index (κ1) is 24.2. The Balaban J connectivity index is 0.00000176. The van der Waals surface area contributed by atoms with E-state index in [1.54, 1.807) is 5.01 Å². The highest BCUT2D eigenvalue weighted by molar-refractivity contribution is 5.57. The predicted octanol–water partition coefficient (Wildman–Crippen LogP) is 6.93. The van der Waals surface area contributed by atoms with Crippen molar-refractivity contribution >= 4 is 18.1 Å². The van der Waals surface area contributed by atoms with Crippen molar-refractivity contribution in [2.45, 2.75) is 20.3 Å². The number of para-hydroxylation sites is 1. The fraction of sp³-hybridized carbons (Fsp3) is 0.107. The summed E-state index contributed by atoms with van der Waals surface area (Å²) in [7, 11) is 0. The quantitative estimate of drug-likeness (QED) is 0.211. The maximum atomic E-state index is 4.08. The molecule has 3 aromatic rings. The summed E-state index contributed by atoms with van der Waals surface area (Å²) in [4.78, 5) is 0. The molecular formula is C28H32N4. The van der Waals surface area contributed by atoms with Crippen LogP contribution >= 0.6 is 0 Å². The van der Waals surface area contributed by atoms with Crippen molar-refractivity contribution in [3.63, 3.8) is 0 Å². The molecule has 164 valence electrons. The molecule has 4 heteroatoms. The van der Waals surface area contributed by atoms with Gasteiger partial charge in [-0.3, -0.25) is 0 Å². The maximum Gasteiger partial charge on any atom is 0.100 e. The summed E-state index contributed by atoms with van der Waals surface area (Å²) < 4.78 is 0. The SMILES string of the molecule is C=NN(C(=C)C(=C)NC(=C)Nc1cccc(Cc2ccccc2)c1)c1ccccc1.CC. The van der Waals surface area contributed by atoms with Crippen molar-refractivity contribution < 1.29 is 0 Å². The van der Waals surface area contributed by atoms with Crippen LogP contribution in [0.3, 0.4) is 0 Å². The molecule has 0 spiro atoms. The number of nitrogens with zero attached hydrogens (tertiary/aromatic N) is 2. The molecule has 4 nitrogen and oxygen atoms in total. The van der Waals surface area contributed by atoms with E-state index in [1.165, 1.54) is 11.1 Å². The number of benzene rings is 3. The molecule has 3 aromatic carbocycles. The molecule has 32 heavy (non-hydrogen) atoms. The van der Waals surface area contributed by atoms with Gasteiger partial charge in [0.1, 0.15) is 5.82 Å². The minimum atomic E-state index is 0.573. The number of rotatable bonds is 10. The van der Waals surface area contributed by atoms with Crippen LogP contribution in [0, 0.1) is 0 Å². The standard InChI is InChI=1S/C26H26N4.C2H6/c1-20(21(2)30(27-4)26-16-9-6-10-17-26)28-22(3)29-25-15-11-14-24(19-25)18-23-12-7-5-8-13-23;1-2/h5-17,19,28-29H,1-4,18H2;1-2H3. The number of nitrogens with one attached hydrogen (secondary N) is 2. The highest BCUT2D eigenvalue weighted by Crippen LogP contribution is 2.22. The Morgan fingerprint density at radius 3 is 2.03 bits per heavy atom. The highest BCUT2D eigenvalue weighted by atomic mass is 15.5. The molecule has 0 unspecified atom stereocenters. The highest BCUT2D eigenvalue weighted by Gasteiger charge is 2.12. The van der Waals surface area contributed by atoms with Crippen LogP contribution in [-0.2, 0) is 6.42 Å². The Labute approximate surface area is 192 Å². The van der Waals surface area contributed by atoms with E-state index in [1.807, 2.05) is 62.4 Å². The second kappa shape index (κ2) is 12.6. The molecule has 0 radical (unpaired) electrons. The second-order valence-corrected chi connectivity index (χ2v) is 6.81. The van der Waals surface area contributed by atoms with E-state index in [2.05, 4.69) is 78.6 Å². The lowest BCUT2D eigenvalue weighted by Gasteiger charge is -2.24. The summed E-state index contributed by atoms with van der Waals surface area (Å²) in [6.45, 7) is 19.8. The number of hydrogen-bond acceptors (Lipinski definition) is 4. The fourth-order valence-corrected chi connectivity index (χ4v) is 3.07. The van der Waals surface area contributed by atoms with Gasteiger partial charge in [-0.05, 0) is 41.8 Å². The zero-order valence-electron chi connectivity index (χ0n) is 19.0. The zero-order chi connectivity index (χ0) is 23.3. The largest absolute Gasteiger partial charge is 0.342 e. The van der Waals surface area contributed by atoms with E-state index >= 15 is 0 Å². The Kier molecular flexibility index (Phi) is 9.54.